The van der Waals surface area contributed by atoms with E-state index in [0.717, 1.165) is 6.20 Å². The number of amides is 1. The molecule has 0 aliphatic heterocycles. The first-order valence-electron chi connectivity index (χ1n) is 5.49. The number of pyridine rings is 1. The molecule has 1 saturated carbocycles. The van der Waals surface area contributed by atoms with Gasteiger partial charge in [0.25, 0.3) is 0 Å². The number of carbonyl (C=O) groups is 2. The van der Waals surface area contributed by atoms with E-state index in [1.165, 1.54) is 12.3 Å². The van der Waals surface area contributed by atoms with Crippen LogP contribution in [0.2, 0.25) is 0 Å². The van der Waals surface area contributed by atoms with Crippen molar-refractivity contribution in [3.63, 3.8) is 0 Å². The first-order valence-corrected chi connectivity index (χ1v) is 5.49. The maximum Gasteiger partial charge on any atom is 0.307 e. The lowest BCUT2D eigenvalue weighted by Gasteiger charge is -2.06. The Labute approximate surface area is 103 Å². The third-order valence-corrected chi connectivity index (χ3v) is 3.41. The largest absolute Gasteiger partial charge is 0.481 e. The van der Waals surface area contributed by atoms with Crippen LogP contribution >= 0.6 is 0 Å². The van der Waals surface area contributed by atoms with Gasteiger partial charge in [-0.15, -0.1) is 0 Å². The van der Waals surface area contributed by atoms with Crippen molar-refractivity contribution in [1.82, 2.24) is 4.98 Å². The van der Waals surface area contributed by atoms with E-state index in [-0.39, 0.29) is 5.69 Å². The van der Waals surface area contributed by atoms with Gasteiger partial charge in [-0.25, -0.2) is 4.39 Å². The molecule has 0 spiro atoms. The molecule has 2 N–H and O–H groups in total. The summed E-state index contributed by atoms with van der Waals surface area (Å²) in [4.78, 5) is 26.4. The Bertz CT molecular complexity index is 516. The van der Waals surface area contributed by atoms with Crippen LogP contribution in [0.25, 0.3) is 0 Å². The second-order valence-electron chi connectivity index (χ2n) is 4.96. The van der Waals surface area contributed by atoms with Crippen molar-refractivity contribution in [2.45, 2.75) is 13.8 Å². The van der Waals surface area contributed by atoms with E-state index in [9.17, 15) is 14.0 Å². The molecule has 1 heterocycles. The molecule has 1 fully saturated rings. The fourth-order valence-corrected chi connectivity index (χ4v) is 2.28. The molecule has 1 aliphatic carbocycles. The summed E-state index contributed by atoms with van der Waals surface area (Å²) in [6, 6.07) is 1.33. The zero-order valence-electron chi connectivity index (χ0n) is 9.98. The number of aromatic nitrogens is 1. The SMILES string of the molecule is CC1(C)C(C(=O)O)C1C(=O)Nc1ccncc1F. The third kappa shape index (κ3) is 1.94. The number of nitrogens with zero attached hydrogens (tertiary/aromatic N) is 1. The quantitative estimate of drug-likeness (QED) is 0.854. The van der Waals surface area contributed by atoms with Gasteiger partial charge in [-0.1, -0.05) is 13.8 Å². The van der Waals surface area contributed by atoms with Crippen LogP contribution in [-0.2, 0) is 9.59 Å². The van der Waals surface area contributed by atoms with Gasteiger partial charge in [0.1, 0.15) is 0 Å². The summed E-state index contributed by atoms with van der Waals surface area (Å²) in [5.41, 5.74) is -0.582. The highest BCUT2D eigenvalue weighted by atomic mass is 19.1. The third-order valence-electron chi connectivity index (χ3n) is 3.41. The van der Waals surface area contributed by atoms with Crippen molar-refractivity contribution in [2.75, 3.05) is 5.32 Å². The predicted octanol–water partition coefficient (Wildman–Crippen LogP) is 1.52. The van der Waals surface area contributed by atoms with Crippen LogP contribution in [0.3, 0.4) is 0 Å². The summed E-state index contributed by atoms with van der Waals surface area (Å²) >= 11 is 0. The maximum atomic E-state index is 13.3. The van der Waals surface area contributed by atoms with E-state index in [1.54, 1.807) is 13.8 Å². The van der Waals surface area contributed by atoms with Crippen LogP contribution in [-0.4, -0.2) is 22.0 Å². The number of halogens is 1. The first-order chi connectivity index (χ1) is 8.35. The number of hydrogen-bond acceptors (Lipinski definition) is 3. The van der Waals surface area contributed by atoms with Crippen LogP contribution in [0.15, 0.2) is 18.5 Å². The van der Waals surface area contributed by atoms with Crippen LogP contribution in [0.5, 0.6) is 0 Å². The van der Waals surface area contributed by atoms with E-state index < -0.39 is 34.9 Å². The number of hydrogen-bond donors (Lipinski definition) is 2. The average Bonchev–Trinajstić information content (AvgIpc) is 2.85. The van der Waals surface area contributed by atoms with Crippen LogP contribution < -0.4 is 5.32 Å². The molecule has 0 radical (unpaired) electrons. The van der Waals surface area contributed by atoms with Crippen LogP contribution in [0, 0.1) is 23.1 Å². The standard InChI is InChI=1S/C12H13FN2O3/c1-12(2)8(9(12)11(17)18)10(16)15-7-3-4-14-5-6(7)13/h3-5,8-9H,1-2H3,(H,17,18)(H,14,15,16). The second kappa shape index (κ2) is 4.04. The molecule has 0 saturated heterocycles. The number of carboxylic acids is 1. The molecule has 1 aromatic rings. The minimum absolute atomic E-state index is 0.0156. The van der Waals surface area contributed by atoms with Gasteiger partial charge in [-0.05, 0) is 11.5 Å². The lowest BCUT2D eigenvalue weighted by molar-refractivity contribution is -0.140. The summed E-state index contributed by atoms with van der Waals surface area (Å²) in [5, 5.41) is 11.4. The van der Waals surface area contributed by atoms with Gasteiger partial charge >= 0.3 is 5.97 Å². The van der Waals surface area contributed by atoms with E-state index in [0.29, 0.717) is 0 Å². The lowest BCUT2D eigenvalue weighted by atomic mass is 10.1. The average molecular weight is 252 g/mol. The van der Waals surface area contributed by atoms with E-state index in [2.05, 4.69) is 10.3 Å². The number of nitrogens with one attached hydrogen (secondary N) is 1. The molecule has 5 nitrogen and oxygen atoms in total. The summed E-state index contributed by atoms with van der Waals surface area (Å²) < 4.78 is 13.3. The number of anilines is 1. The predicted molar refractivity (Wildman–Crippen MR) is 61.2 cm³/mol. The zero-order valence-corrected chi connectivity index (χ0v) is 9.98. The smallest absolute Gasteiger partial charge is 0.307 e. The second-order valence-corrected chi connectivity index (χ2v) is 4.96. The van der Waals surface area contributed by atoms with Gasteiger partial charge in [0.2, 0.25) is 5.91 Å². The Kier molecular flexibility index (Phi) is 2.80. The van der Waals surface area contributed by atoms with Crippen molar-refractivity contribution in [3.8, 4) is 0 Å². The summed E-state index contributed by atoms with van der Waals surface area (Å²) in [6.07, 6.45) is 2.34. The van der Waals surface area contributed by atoms with Gasteiger partial charge in [0.15, 0.2) is 5.82 Å². The molecule has 6 heteroatoms. The van der Waals surface area contributed by atoms with Crippen molar-refractivity contribution in [1.29, 1.82) is 0 Å². The molecular formula is C12H13FN2O3. The Morgan fingerprint density at radius 1 is 1.44 bits per heavy atom. The van der Waals surface area contributed by atoms with Crippen molar-refractivity contribution >= 4 is 17.6 Å². The van der Waals surface area contributed by atoms with Crippen LogP contribution in [0.1, 0.15) is 13.8 Å². The monoisotopic (exact) mass is 252 g/mol. The highest BCUT2D eigenvalue weighted by molar-refractivity contribution is 5.99. The lowest BCUT2D eigenvalue weighted by Crippen LogP contribution is -2.18. The molecule has 1 amide bonds. The van der Waals surface area contributed by atoms with Gasteiger partial charge in [0.05, 0.1) is 23.7 Å². The van der Waals surface area contributed by atoms with Crippen LogP contribution in [0.4, 0.5) is 10.1 Å². The number of carboxylic acid groups (broad SMARTS) is 1. The summed E-state index contributed by atoms with van der Waals surface area (Å²) in [7, 11) is 0. The topological polar surface area (TPSA) is 79.3 Å². The maximum absolute atomic E-state index is 13.3. The summed E-state index contributed by atoms with van der Waals surface area (Å²) in [5.74, 6) is -3.48. The highest BCUT2D eigenvalue weighted by Gasteiger charge is 2.65. The Morgan fingerprint density at radius 2 is 2.11 bits per heavy atom. The molecule has 2 rings (SSSR count). The molecule has 2 unspecified atom stereocenters. The fraction of sp³-hybridized carbons (Fsp3) is 0.417. The van der Waals surface area contributed by atoms with Crippen molar-refractivity contribution in [3.05, 3.63) is 24.3 Å². The fourth-order valence-electron chi connectivity index (χ4n) is 2.28. The zero-order chi connectivity index (χ0) is 13.5. The molecular weight excluding hydrogens is 239 g/mol. The highest BCUT2D eigenvalue weighted by Crippen LogP contribution is 2.58. The molecule has 18 heavy (non-hydrogen) atoms. The van der Waals surface area contributed by atoms with Gasteiger partial charge in [-0.2, -0.15) is 0 Å². The van der Waals surface area contributed by atoms with Gasteiger partial charge < -0.3 is 10.4 Å². The molecule has 1 aliphatic rings. The molecule has 96 valence electrons. The molecule has 1 aromatic heterocycles. The van der Waals surface area contributed by atoms with Crippen molar-refractivity contribution in [2.24, 2.45) is 17.3 Å². The Morgan fingerprint density at radius 3 is 2.61 bits per heavy atom. The first kappa shape index (κ1) is 12.5. The van der Waals surface area contributed by atoms with Gasteiger partial charge in [0, 0.05) is 6.20 Å². The Balaban J connectivity index is 2.11. The molecule has 0 bridgehead atoms. The summed E-state index contributed by atoms with van der Waals surface area (Å²) in [6.45, 7) is 3.41. The van der Waals surface area contributed by atoms with Crippen molar-refractivity contribution < 1.29 is 19.1 Å². The van der Waals surface area contributed by atoms with E-state index in [4.69, 9.17) is 5.11 Å². The normalized spacial score (nSPS) is 24.4. The minimum atomic E-state index is -1.00. The molecule has 2 atom stereocenters. The van der Waals surface area contributed by atoms with Gasteiger partial charge in [-0.3, -0.25) is 14.6 Å². The van der Waals surface area contributed by atoms with E-state index in [1.807, 2.05) is 0 Å². The van der Waals surface area contributed by atoms with E-state index >= 15 is 0 Å². The molecule has 0 aromatic carbocycles. The number of rotatable bonds is 3. The minimum Gasteiger partial charge on any atom is -0.481 e. The number of carbonyl (C=O) groups excluding carboxylic acids is 1. The Hall–Kier alpha value is -1.98. The number of aliphatic carboxylic acids is 1.